The number of aliphatic hydroxyl groups excluding tert-OH is 1. The number of ether oxygens (including phenoxy) is 3. The summed E-state index contributed by atoms with van der Waals surface area (Å²) in [6, 6.07) is 9.59. The van der Waals surface area contributed by atoms with Gasteiger partial charge >= 0.3 is 5.97 Å². The van der Waals surface area contributed by atoms with Gasteiger partial charge in [0.05, 0.1) is 25.2 Å². The van der Waals surface area contributed by atoms with Crippen LogP contribution in [-0.2, 0) is 25.6 Å². The van der Waals surface area contributed by atoms with Crippen LogP contribution in [0.4, 0.5) is 0 Å². The van der Waals surface area contributed by atoms with Crippen LogP contribution in [0.1, 0.15) is 24.8 Å². The van der Waals surface area contributed by atoms with Gasteiger partial charge in [-0.15, -0.1) is 0 Å². The van der Waals surface area contributed by atoms with Crippen molar-refractivity contribution in [3.05, 3.63) is 35.9 Å². The van der Waals surface area contributed by atoms with Crippen LogP contribution in [0.3, 0.4) is 0 Å². The average molecular weight is 318 g/mol. The Kier molecular flexibility index (Phi) is 3.87. The van der Waals surface area contributed by atoms with Gasteiger partial charge in [0.25, 0.3) is 0 Å². The second kappa shape index (κ2) is 5.89. The number of esters is 1. The molecular formula is C18H22O5. The summed E-state index contributed by atoms with van der Waals surface area (Å²) in [6.45, 7) is 1.45. The van der Waals surface area contributed by atoms with E-state index in [2.05, 4.69) is 0 Å². The number of aliphatic hydroxyl groups is 1. The van der Waals surface area contributed by atoms with E-state index in [1.807, 2.05) is 30.3 Å². The third-order valence-corrected chi connectivity index (χ3v) is 5.57. The van der Waals surface area contributed by atoms with E-state index in [9.17, 15) is 9.90 Å². The quantitative estimate of drug-likeness (QED) is 0.862. The number of benzene rings is 1. The van der Waals surface area contributed by atoms with Crippen molar-refractivity contribution in [3.8, 4) is 0 Å². The molecule has 1 saturated heterocycles. The maximum Gasteiger partial charge on any atom is 0.311 e. The maximum absolute atomic E-state index is 12.4. The Hall–Kier alpha value is -1.43. The average Bonchev–Trinajstić information content (AvgIpc) is 3.26. The van der Waals surface area contributed by atoms with E-state index in [4.69, 9.17) is 14.2 Å². The van der Waals surface area contributed by atoms with E-state index in [0.29, 0.717) is 19.6 Å². The Bertz CT molecular complexity index is 566. The normalized spacial score (nSPS) is 34.7. The summed E-state index contributed by atoms with van der Waals surface area (Å²) in [4.78, 5) is 12.4. The molecule has 4 rings (SSSR count). The lowest BCUT2D eigenvalue weighted by Gasteiger charge is -2.28. The molecule has 3 aliphatic rings. The van der Waals surface area contributed by atoms with E-state index in [1.165, 1.54) is 0 Å². The van der Waals surface area contributed by atoms with E-state index in [1.54, 1.807) is 0 Å². The largest absolute Gasteiger partial charge is 0.461 e. The van der Waals surface area contributed by atoms with Crippen LogP contribution in [-0.4, -0.2) is 36.2 Å². The molecule has 0 amide bonds. The van der Waals surface area contributed by atoms with Gasteiger partial charge in [-0.25, -0.2) is 0 Å². The lowest BCUT2D eigenvalue weighted by Crippen LogP contribution is -2.35. The second-order valence-corrected chi connectivity index (χ2v) is 6.74. The van der Waals surface area contributed by atoms with E-state index in [-0.39, 0.29) is 24.4 Å². The van der Waals surface area contributed by atoms with Gasteiger partial charge < -0.3 is 19.3 Å². The first kappa shape index (κ1) is 15.1. The summed E-state index contributed by atoms with van der Waals surface area (Å²) >= 11 is 0. The highest BCUT2D eigenvalue weighted by atomic mass is 16.7. The smallest absolute Gasteiger partial charge is 0.311 e. The topological polar surface area (TPSA) is 65.0 Å². The Morgan fingerprint density at radius 3 is 2.74 bits per heavy atom. The molecule has 4 atom stereocenters. The first-order valence-electron chi connectivity index (χ1n) is 8.36. The minimum Gasteiger partial charge on any atom is -0.461 e. The summed E-state index contributed by atoms with van der Waals surface area (Å²) in [6.07, 6.45) is 1.58. The molecule has 1 N–H and O–H groups in total. The van der Waals surface area contributed by atoms with Crippen LogP contribution < -0.4 is 0 Å². The van der Waals surface area contributed by atoms with Gasteiger partial charge in [0.15, 0.2) is 5.79 Å². The monoisotopic (exact) mass is 318 g/mol. The number of fused-ring (bicyclic) bond motifs is 2. The summed E-state index contributed by atoms with van der Waals surface area (Å²) in [7, 11) is 0. The molecule has 124 valence electrons. The number of carbonyl (C=O) groups is 1. The Labute approximate surface area is 135 Å². The molecule has 5 heteroatoms. The predicted molar refractivity (Wildman–Crippen MR) is 81.2 cm³/mol. The molecule has 23 heavy (non-hydrogen) atoms. The van der Waals surface area contributed by atoms with Gasteiger partial charge in [-0.05, 0) is 24.3 Å². The summed E-state index contributed by atoms with van der Waals surface area (Å²) in [5.41, 5.74) is 0.951. The molecule has 1 spiro atoms. The number of hydrogen-bond donors (Lipinski definition) is 1. The third kappa shape index (κ3) is 2.57. The zero-order valence-corrected chi connectivity index (χ0v) is 13.0. The highest BCUT2D eigenvalue weighted by molar-refractivity contribution is 5.73. The van der Waals surface area contributed by atoms with Gasteiger partial charge in [0, 0.05) is 12.3 Å². The van der Waals surface area contributed by atoms with Crippen molar-refractivity contribution in [2.24, 2.45) is 17.8 Å². The number of hydrogen-bond acceptors (Lipinski definition) is 5. The zero-order chi connectivity index (χ0) is 15.9. The molecular weight excluding hydrogens is 296 g/mol. The molecule has 0 bridgehead atoms. The van der Waals surface area contributed by atoms with Gasteiger partial charge in [-0.3, -0.25) is 4.79 Å². The van der Waals surface area contributed by atoms with Crippen LogP contribution >= 0.6 is 0 Å². The fourth-order valence-corrected chi connectivity index (χ4v) is 4.46. The van der Waals surface area contributed by atoms with Crippen molar-refractivity contribution < 1.29 is 24.1 Å². The van der Waals surface area contributed by atoms with Crippen LogP contribution in [0.5, 0.6) is 0 Å². The molecule has 5 nitrogen and oxygen atoms in total. The van der Waals surface area contributed by atoms with Crippen LogP contribution in [0.2, 0.25) is 0 Å². The third-order valence-electron chi connectivity index (χ3n) is 5.57. The maximum atomic E-state index is 12.4. The number of rotatable bonds is 3. The lowest BCUT2D eigenvalue weighted by atomic mass is 9.96. The summed E-state index contributed by atoms with van der Waals surface area (Å²) < 4.78 is 17.1. The molecule has 1 aromatic carbocycles. The molecule has 0 radical (unpaired) electrons. The molecule has 0 aromatic heterocycles. The van der Waals surface area contributed by atoms with Crippen molar-refractivity contribution in [1.29, 1.82) is 0 Å². The van der Waals surface area contributed by atoms with E-state index in [0.717, 1.165) is 18.4 Å². The van der Waals surface area contributed by atoms with Gasteiger partial charge in [0.1, 0.15) is 6.61 Å². The van der Waals surface area contributed by atoms with Crippen molar-refractivity contribution in [1.82, 2.24) is 0 Å². The molecule has 1 heterocycles. The minimum atomic E-state index is -0.657. The number of carbonyl (C=O) groups excluding carboxylic acids is 1. The second-order valence-electron chi connectivity index (χ2n) is 6.74. The first-order chi connectivity index (χ1) is 11.2. The molecule has 2 saturated carbocycles. The zero-order valence-electron chi connectivity index (χ0n) is 13.0. The van der Waals surface area contributed by atoms with Gasteiger partial charge in [0.2, 0.25) is 0 Å². The van der Waals surface area contributed by atoms with Crippen LogP contribution in [0.25, 0.3) is 0 Å². The van der Waals surface area contributed by atoms with Crippen molar-refractivity contribution in [3.63, 3.8) is 0 Å². The van der Waals surface area contributed by atoms with Gasteiger partial charge in [-0.2, -0.15) is 0 Å². The molecule has 0 unspecified atom stereocenters. The minimum absolute atomic E-state index is 0.0716. The summed E-state index contributed by atoms with van der Waals surface area (Å²) in [5.74, 6) is -1.20. The van der Waals surface area contributed by atoms with Crippen molar-refractivity contribution >= 4 is 5.97 Å². The summed E-state index contributed by atoms with van der Waals surface area (Å²) in [5, 5.41) is 10.6. The lowest BCUT2D eigenvalue weighted by molar-refractivity contribution is -0.185. The SMILES string of the molecule is O=C(OCc1ccccc1)[C@H]1C[C@H]2[C@H](CCC23OCCO3)[C@@H]1O. The predicted octanol–water partition coefficient (Wildman–Crippen LogP) is 1.88. The first-order valence-corrected chi connectivity index (χ1v) is 8.36. The van der Waals surface area contributed by atoms with Crippen LogP contribution in [0, 0.1) is 17.8 Å². The molecule has 2 aliphatic carbocycles. The molecule has 3 fully saturated rings. The highest BCUT2D eigenvalue weighted by Crippen LogP contribution is 2.55. The fourth-order valence-electron chi connectivity index (χ4n) is 4.46. The van der Waals surface area contributed by atoms with Crippen molar-refractivity contribution in [2.45, 2.75) is 37.8 Å². The van der Waals surface area contributed by atoms with Crippen LogP contribution in [0.15, 0.2) is 30.3 Å². The molecule has 1 aromatic rings. The standard InChI is InChI=1S/C18H22O5/c19-16-13-6-7-18(22-8-9-23-18)15(13)10-14(16)17(20)21-11-12-4-2-1-3-5-12/h1-5,13-16,19H,6-11H2/t13-,14-,15-,16-/m0/s1. The van der Waals surface area contributed by atoms with Gasteiger partial charge in [-0.1, -0.05) is 30.3 Å². The highest BCUT2D eigenvalue weighted by Gasteiger charge is 2.61. The molecule has 1 aliphatic heterocycles. The Morgan fingerprint density at radius 1 is 1.26 bits per heavy atom. The fraction of sp³-hybridized carbons (Fsp3) is 0.611. The van der Waals surface area contributed by atoms with Crippen molar-refractivity contribution in [2.75, 3.05) is 13.2 Å². The Balaban J connectivity index is 1.41. The van der Waals surface area contributed by atoms with E-state index >= 15 is 0 Å². The Morgan fingerprint density at radius 2 is 2.00 bits per heavy atom. The van der Waals surface area contributed by atoms with E-state index < -0.39 is 17.8 Å².